The van der Waals surface area contributed by atoms with Crippen LogP contribution in [0.1, 0.15) is 41.6 Å². The van der Waals surface area contributed by atoms with Crippen molar-refractivity contribution in [1.29, 1.82) is 0 Å². The standard InChI is InChI=1S/C16H22N2O/c1-11-9-13(17-2)5-8-15(11)16(19)18(14-6-7-14)10-12-3-4-12/h5,8-9,12,14,17H,3-4,6-7,10H2,1-2H3. The number of benzene rings is 1. The third-order valence-electron chi connectivity index (χ3n) is 4.15. The Hall–Kier alpha value is -1.51. The van der Waals surface area contributed by atoms with Crippen molar-refractivity contribution in [1.82, 2.24) is 4.90 Å². The summed E-state index contributed by atoms with van der Waals surface area (Å²) in [6, 6.07) is 6.51. The van der Waals surface area contributed by atoms with Crippen molar-refractivity contribution in [3.05, 3.63) is 29.3 Å². The number of nitrogens with zero attached hydrogens (tertiary/aromatic N) is 1. The minimum atomic E-state index is 0.231. The summed E-state index contributed by atoms with van der Waals surface area (Å²) >= 11 is 0. The van der Waals surface area contributed by atoms with Crippen LogP contribution >= 0.6 is 0 Å². The highest BCUT2D eigenvalue weighted by Gasteiger charge is 2.37. The summed E-state index contributed by atoms with van der Waals surface area (Å²) in [6.07, 6.45) is 4.97. The van der Waals surface area contributed by atoms with Gasteiger partial charge in [-0.25, -0.2) is 0 Å². The average Bonchev–Trinajstić information content (AvgIpc) is 3.27. The van der Waals surface area contributed by atoms with Crippen LogP contribution < -0.4 is 5.32 Å². The van der Waals surface area contributed by atoms with Crippen LogP contribution in [0, 0.1) is 12.8 Å². The summed E-state index contributed by atoms with van der Waals surface area (Å²) in [5.74, 6) is 0.996. The molecule has 0 heterocycles. The van der Waals surface area contributed by atoms with Crippen LogP contribution in [-0.2, 0) is 0 Å². The number of carbonyl (C=O) groups is 1. The van der Waals surface area contributed by atoms with E-state index in [4.69, 9.17) is 0 Å². The number of hydrogen-bond donors (Lipinski definition) is 1. The molecule has 0 aromatic heterocycles. The number of anilines is 1. The molecule has 2 aliphatic carbocycles. The van der Waals surface area contributed by atoms with E-state index in [9.17, 15) is 4.79 Å². The largest absolute Gasteiger partial charge is 0.388 e. The Labute approximate surface area is 115 Å². The Morgan fingerprint density at radius 2 is 2.05 bits per heavy atom. The van der Waals surface area contributed by atoms with Crippen LogP contribution in [0.15, 0.2) is 18.2 Å². The molecule has 102 valence electrons. The molecule has 19 heavy (non-hydrogen) atoms. The first-order valence-corrected chi connectivity index (χ1v) is 7.28. The highest BCUT2D eigenvalue weighted by atomic mass is 16.2. The third kappa shape index (κ3) is 2.75. The number of rotatable bonds is 5. The van der Waals surface area contributed by atoms with E-state index in [1.165, 1.54) is 25.7 Å². The molecule has 1 N–H and O–H groups in total. The lowest BCUT2D eigenvalue weighted by Gasteiger charge is -2.23. The number of nitrogens with one attached hydrogen (secondary N) is 1. The molecule has 0 radical (unpaired) electrons. The van der Waals surface area contributed by atoms with Gasteiger partial charge in [-0.2, -0.15) is 0 Å². The van der Waals surface area contributed by atoms with Crippen LogP contribution in [0.5, 0.6) is 0 Å². The highest BCUT2D eigenvalue weighted by molar-refractivity contribution is 5.96. The molecule has 0 unspecified atom stereocenters. The molecule has 3 rings (SSSR count). The summed E-state index contributed by atoms with van der Waals surface area (Å²) in [6.45, 7) is 2.99. The lowest BCUT2D eigenvalue weighted by atomic mass is 10.1. The van der Waals surface area contributed by atoms with Gasteiger partial charge in [0.15, 0.2) is 0 Å². The second kappa shape index (κ2) is 4.87. The monoisotopic (exact) mass is 258 g/mol. The Kier molecular flexibility index (Phi) is 3.21. The van der Waals surface area contributed by atoms with Crippen LogP contribution in [0.3, 0.4) is 0 Å². The van der Waals surface area contributed by atoms with Crippen molar-refractivity contribution in [3.8, 4) is 0 Å². The van der Waals surface area contributed by atoms with Crippen LogP contribution in [-0.4, -0.2) is 30.4 Å². The maximum Gasteiger partial charge on any atom is 0.254 e. The van der Waals surface area contributed by atoms with Crippen molar-refractivity contribution in [3.63, 3.8) is 0 Å². The van der Waals surface area contributed by atoms with Crippen molar-refractivity contribution < 1.29 is 4.79 Å². The summed E-state index contributed by atoms with van der Waals surface area (Å²) in [5, 5.41) is 3.12. The van der Waals surface area contributed by atoms with E-state index in [1.807, 2.05) is 26.1 Å². The zero-order valence-electron chi connectivity index (χ0n) is 11.8. The van der Waals surface area contributed by atoms with E-state index >= 15 is 0 Å². The lowest BCUT2D eigenvalue weighted by Crippen LogP contribution is -2.35. The van der Waals surface area contributed by atoms with E-state index in [-0.39, 0.29) is 5.91 Å². The first kappa shape index (κ1) is 12.5. The summed E-state index contributed by atoms with van der Waals surface area (Å²) in [4.78, 5) is 14.8. The molecule has 2 saturated carbocycles. The summed E-state index contributed by atoms with van der Waals surface area (Å²) in [7, 11) is 1.90. The predicted octanol–water partition coefficient (Wildman–Crippen LogP) is 3.05. The van der Waals surface area contributed by atoms with Crippen molar-refractivity contribution in [2.24, 2.45) is 5.92 Å². The van der Waals surface area contributed by atoms with E-state index in [0.717, 1.165) is 29.3 Å². The fourth-order valence-corrected chi connectivity index (χ4v) is 2.58. The molecule has 0 saturated heterocycles. The molecular weight excluding hydrogens is 236 g/mol. The smallest absolute Gasteiger partial charge is 0.254 e. The van der Waals surface area contributed by atoms with E-state index in [0.29, 0.717) is 6.04 Å². The van der Waals surface area contributed by atoms with Crippen molar-refractivity contribution in [2.45, 2.75) is 38.6 Å². The molecular formula is C16H22N2O. The molecule has 0 atom stereocenters. The van der Waals surface area contributed by atoms with Gasteiger partial charge in [0.1, 0.15) is 0 Å². The van der Waals surface area contributed by atoms with Crippen LogP contribution in [0.2, 0.25) is 0 Å². The van der Waals surface area contributed by atoms with Gasteiger partial charge in [-0.1, -0.05) is 0 Å². The minimum absolute atomic E-state index is 0.231. The van der Waals surface area contributed by atoms with Crippen molar-refractivity contribution in [2.75, 3.05) is 18.9 Å². The molecule has 1 aromatic carbocycles. The molecule has 3 nitrogen and oxygen atoms in total. The number of hydrogen-bond acceptors (Lipinski definition) is 2. The van der Waals surface area contributed by atoms with Gasteiger partial charge in [-0.15, -0.1) is 0 Å². The Balaban J connectivity index is 1.80. The maximum absolute atomic E-state index is 12.7. The fourth-order valence-electron chi connectivity index (χ4n) is 2.58. The highest BCUT2D eigenvalue weighted by Crippen LogP contribution is 2.36. The second-order valence-corrected chi connectivity index (χ2v) is 5.91. The average molecular weight is 258 g/mol. The first-order valence-electron chi connectivity index (χ1n) is 7.28. The van der Waals surface area contributed by atoms with E-state index in [1.54, 1.807) is 0 Å². The van der Waals surface area contributed by atoms with Gasteiger partial charge in [0.2, 0.25) is 0 Å². The number of carbonyl (C=O) groups excluding carboxylic acids is 1. The minimum Gasteiger partial charge on any atom is -0.388 e. The quantitative estimate of drug-likeness (QED) is 0.880. The van der Waals surface area contributed by atoms with Gasteiger partial charge in [0.25, 0.3) is 5.91 Å². The second-order valence-electron chi connectivity index (χ2n) is 5.91. The summed E-state index contributed by atoms with van der Waals surface area (Å²) < 4.78 is 0. The molecule has 1 aromatic rings. The Morgan fingerprint density at radius 3 is 2.58 bits per heavy atom. The fraction of sp³-hybridized carbons (Fsp3) is 0.562. The Morgan fingerprint density at radius 1 is 1.32 bits per heavy atom. The third-order valence-corrected chi connectivity index (χ3v) is 4.15. The van der Waals surface area contributed by atoms with Gasteiger partial charge in [-0.05, 0) is 62.3 Å². The molecule has 2 fully saturated rings. The molecule has 1 amide bonds. The molecule has 0 spiro atoms. The zero-order chi connectivity index (χ0) is 13.4. The topological polar surface area (TPSA) is 32.3 Å². The first-order chi connectivity index (χ1) is 9.19. The van der Waals surface area contributed by atoms with Gasteiger partial charge in [0.05, 0.1) is 0 Å². The van der Waals surface area contributed by atoms with Crippen LogP contribution in [0.25, 0.3) is 0 Å². The van der Waals surface area contributed by atoms with Crippen LogP contribution in [0.4, 0.5) is 5.69 Å². The van der Waals surface area contributed by atoms with Gasteiger partial charge in [-0.3, -0.25) is 4.79 Å². The van der Waals surface area contributed by atoms with E-state index in [2.05, 4.69) is 16.3 Å². The maximum atomic E-state index is 12.7. The summed E-state index contributed by atoms with van der Waals surface area (Å²) in [5.41, 5.74) is 3.00. The molecule has 0 bridgehead atoms. The van der Waals surface area contributed by atoms with Crippen molar-refractivity contribution >= 4 is 11.6 Å². The SMILES string of the molecule is CNc1ccc(C(=O)N(CC2CC2)C2CC2)c(C)c1. The Bertz CT molecular complexity index is 490. The zero-order valence-corrected chi connectivity index (χ0v) is 11.8. The number of amides is 1. The van der Waals surface area contributed by atoms with Gasteiger partial charge in [0, 0.05) is 30.9 Å². The lowest BCUT2D eigenvalue weighted by molar-refractivity contribution is 0.0734. The predicted molar refractivity (Wildman–Crippen MR) is 77.5 cm³/mol. The molecule has 3 heteroatoms. The van der Waals surface area contributed by atoms with Gasteiger partial charge >= 0.3 is 0 Å². The molecule has 2 aliphatic rings. The van der Waals surface area contributed by atoms with Gasteiger partial charge < -0.3 is 10.2 Å². The van der Waals surface area contributed by atoms with E-state index < -0.39 is 0 Å². The number of aryl methyl sites for hydroxylation is 1. The molecule has 0 aliphatic heterocycles. The normalized spacial score (nSPS) is 18.2.